The molecule has 0 aromatic heterocycles. The van der Waals surface area contributed by atoms with E-state index in [1.807, 2.05) is 31.2 Å². The topological polar surface area (TPSA) is 84.3 Å². The lowest BCUT2D eigenvalue weighted by molar-refractivity contribution is -0.140. The number of aryl methyl sites for hydroxylation is 2. The van der Waals surface area contributed by atoms with Crippen molar-refractivity contribution in [3.8, 4) is 0 Å². The van der Waals surface area contributed by atoms with E-state index in [1.165, 1.54) is 4.90 Å². The predicted molar refractivity (Wildman–Crippen MR) is 144 cm³/mol. The molecule has 2 aliphatic rings. The van der Waals surface area contributed by atoms with Gasteiger partial charge in [0.1, 0.15) is 0 Å². The third-order valence-electron chi connectivity index (χ3n) is 8.72. The zero-order valence-electron chi connectivity index (χ0n) is 23.4. The molecule has 2 aromatic carbocycles. The van der Waals surface area contributed by atoms with Gasteiger partial charge in [0, 0.05) is 33.4 Å². The number of benzene rings is 2. The standard InChI is InChI=1S/C30H38F3N3O4/c1-19-15-22(17-23(16-19)30(31,32)33)21(3)34(4)28(40)36-12-11-35-25(26(36)24-8-6-5-7-20(24)2)18-29(9-13-37,10-14-38)27(35)39/h5-8,15-17,21,25-26,37-38H,9-14,18H2,1-4H3/t21-,25-,26-/m0/s1. The zero-order chi connectivity index (χ0) is 29.4. The Kier molecular flexibility index (Phi) is 8.52. The van der Waals surface area contributed by atoms with Crippen LogP contribution in [0.5, 0.6) is 0 Å². The highest BCUT2D eigenvalue weighted by Crippen LogP contribution is 2.49. The van der Waals surface area contributed by atoms with Crippen LogP contribution in [0, 0.1) is 19.3 Å². The van der Waals surface area contributed by atoms with Gasteiger partial charge in [-0.15, -0.1) is 0 Å². The molecule has 2 N–H and O–H groups in total. The van der Waals surface area contributed by atoms with Crippen molar-refractivity contribution in [2.24, 2.45) is 5.41 Å². The van der Waals surface area contributed by atoms with Crippen molar-refractivity contribution in [2.75, 3.05) is 33.4 Å². The molecule has 40 heavy (non-hydrogen) atoms. The minimum atomic E-state index is -4.50. The van der Waals surface area contributed by atoms with Gasteiger partial charge in [0.15, 0.2) is 0 Å². The van der Waals surface area contributed by atoms with Crippen molar-refractivity contribution in [3.63, 3.8) is 0 Å². The summed E-state index contributed by atoms with van der Waals surface area (Å²) in [5.74, 6) is -0.118. The molecule has 0 aliphatic carbocycles. The van der Waals surface area contributed by atoms with Crippen molar-refractivity contribution in [1.29, 1.82) is 0 Å². The lowest BCUT2D eigenvalue weighted by Gasteiger charge is -2.47. The first-order valence-electron chi connectivity index (χ1n) is 13.6. The van der Waals surface area contributed by atoms with Crippen LogP contribution in [-0.4, -0.2) is 76.2 Å². The molecule has 2 aliphatic heterocycles. The monoisotopic (exact) mass is 561 g/mol. The molecule has 218 valence electrons. The highest BCUT2D eigenvalue weighted by Gasteiger charge is 2.56. The fourth-order valence-corrected chi connectivity index (χ4v) is 6.45. The summed E-state index contributed by atoms with van der Waals surface area (Å²) in [4.78, 5) is 32.7. The largest absolute Gasteiger partial charge is 0.416 e. The van der Waals surface area contributed by atoms with Crippen molar-refractivity contribution >= 4 is 11.9 Å². The molecule has 3 amide bonds. The van der Waals surface area contributed by atoms with Gasteiger partial charge < -0.3 is 24.9 Å². The fourth-order valence-electron chi connectivity index (χ4n) is 6.45. The van der Waals surface area contributed by atoms with Crippen LogP contribution in [0.1, 0.15) is 66.1 Å². The van der Waals surface area contributed by atoms with Crippen LogP contribution in [0.3, 0.4) is 0 Å². The third-order valence-corrected chi connectivity index (χ3v) is 8.72. The number of alkyl halides is 3. The first kappa shape index (κ1) is 29.9. The van der Waals surface area contributed by atoms with E-state index in [-0.39, 0.29) is 50.6 Å². The predicted octanol–water partition coefficient (Wildman–Crippen LogP) is 4.84. The number of piperazine rings is 1. The van der Waals surface area contributed by atoms with Gasteiger partial charge in [0.2, 0.25) is 5.91 Å². The molecule has 3 atom stereocenters. The number of hydrogen-bond donors (Lipinski definition) is 2. The Balaban J connectivity index is 1.71. The molecule has 7 nitrogen and oxygen atoms in total. The van der Waals surface area contributed by atoms with Crippen LogP contribution in [0.25, 0.3) is 0 Å². The number of nitrogens with zero attached hydrogens (tertiary/aromatic N) is 3. The van der Waals surface area contributed by atoms with Crippen LogP contribution in [0.15, 0.2) is 42.5 Å². The highest BCUT2D eigenvalue weighted by atomic mass is 19.4. The van der Waals surface area contributed by atoms with Crippen molar-refractivity contribution < 1.29 is 33.0 Å². The summed E-state index contributed by atoms with van der Waals surface area (Å²) in [5, 5.41) is 19.5. The van der Waals surface area contributed by atoms with Crippen LogP contribution >= 0.6 is 0 Å². The van der Waals surface area contributed by atoms with Gasteiger partial charge in [-0.25, -0.2) is 4.79 Å². The number of carbonyl (C=O) groups is 2. The summed E-state index contributed by atoms with van der Waals surface area (Å²) >= 11 is 0. The average molecular weight is 562 g/mol. The highest BCUT2D eigenvalue weighted by molar-refractivity contribution is 5.86. The van der Waals surface area contributed by atoms with Gasteiger partial charge in [-0.1, -0.05) is 35.9 Å². The number of urea groups is 1. The first-order chi connectivity index (χ1) is 18.8. The Hall–Kier alpha value is -3.11. The van der Waals surface area contributed by atoms with E-state index in [4.69, 9.17) is 0 Å². The van der Waals surface area contributed by atoms with Crippen LogP contribution < -0.4 is 0 Å². The van der Waals surface area contributed by atoms with Crippen LogP contribution in [0.4, 0.5) is 18.0 Å². The second-order valence-corrected chi connectivity index (χ2v) is 11.2. The molecule has 0 radical (unpaired) electrons. The molecular formula is C30H38F3N3O4. The van der Waals surface area contributed by atoms with Crippen molar-refractivity contribution in [3.05, 3.63) is 70.3 Å². The molecule has 2 aromatic rings. The molecular weight excluding hydrogens is 523 g/mol. The van der Waals surface area contributed by atoms with Gasteiger partial charge in [-0.2, -0.15) is 13.2 Å². The summed E-state index contributed by atoms with van der Waals surface area (Å²) in [6, 6.07) is 9.65. The Morgan fingerprint density at radius 1 is 1.10 bits per heavy atom. The van der Waals surface area contributed by atoms with Crippen LogP contribution in [0.2, 0.25) is 0 Å². The summed E-state index contributed by atoms with van der Waals surface area (Å²) in [7, 11) is 1.59. The second-order valence-electron chi connectivity index (χ2n) is 11.2. The number of halogens is 3. The van der Waals surface area contributed by atoms with Gasteiger partial charge in [-0.05, 0) is 68.9 Å². The van der Waals surface area contributed by atoms with E-state index in [9.17, 15) is 33.0 Å². The molecule has 0 bridgehead atoms. The minimum Gasteiger partial charge on any atom is -0.396 e. The fraction of sp³-hybridized carbons (Fsp3) is 0.533. The third kappa shape index (κ3) is 5.43. The summed E-state index contributed by atoms with van der Waals surface area (Å²) in [6.07, 6.45) is -3.68. The first-order valence-corrected chi connectivity index (χ1v) is 13.6. The molecule has 0 spiro atoms. The molecule has 2 fully saturated rings. The Labute approximate surface area is 233 Å². The van der Waals surface area contributed by atoms with E-state index in [1.54, 1.807) is 36.8 Å². The quantitative estimate of drug-likeness (QED) is 0.507. The number of aliphatic hydroxyl groups is 2. The maximum Gasteiger partial charge on any atom is 0.416 e. The Morgan fingerprint density at radius 3 is 2.35 bits per heavy atom. The number of aliphatic hydroxyl groups excluding tert-OH is 2. The summed E-state index contributed by atoms with van der Waals surface area (Å²) < 4.78 is 40.5. The number of carbonyl (C=O) groups excluding carboxylic acids is 2. The average Bonchev–Trinajstić information content (AvgIpc) is 3.18. The summed E-state index contributed by atoms with van der Waals surface area (Å²) in [5.41, 5.74) is 1.01. The lowest BCUT2D eigenvalue weighted by atomic mass is 9.77. The van der Waals surface area contributed by atoms with E-state index < -0.39 is 29.2 Å². The zero-order valence-corrected chi connectivity index (χ0v) is 23.4. The van der Waals surface area contributed by atoms with E-state index in [0.29, 0.717) is 24.1 Å². The molecule has 4 rings (SSSR count). The summed E-state index contributed by atoms with van der Waals surface area (Å²) in [6.45, 7) is 5.40. The van der Waals surface area contributed by atoms with E-state index in [2.05, 4.69) is 0 Å². The lowest BCUT2D eigenvalue weighted by Crippen LogP contribution is -2.57. The van der Waals surface area contributed by atoms with Gasteiger partial charge in [0.25, 0.3) is 0 Å². The molecule has 0 saturated carbocycles. The van der Waals surface area contributed by atoms with Gasteiger partial charge >= 0.3 is 12.2 Å². The normalized spacial score (nSPS) is 21.4. The number of fused-ring (bicyclic) bond motifs is 1. The Morgan fingerprint density at radius 2 is 1.75 bits per heavy atom. The van der Waals surface area contributed by atoms with E-state index >= 15 is 0 Å². The number of rotatable bonds is 7. The van der Waals surface area contributed by atoms with Crippen LogP contribution in [-0.2, 0) is 11.0 Å². The molecule has 2 saturated heterocycles. The van der Waals surface area contributed by atoms with Crippen molar-refractivity contribution in [2.45, 2.75) is 64.3 Å². The van der Waals surface area contributed by atoms with Crippen molar-refractivity contribution in [1.82, 2.24) is 14.7 Å². The SMILES string of the molecule is Cc1cc([C@H](C)N(C)C(=O)N2CCN3C(=O)C(CCO)(CCO)C[C@H]3[C@@H]2c2ccccc2C)cc(C(F)(F)F)c1. The second kappa shape index (κ2) is 11.4. The Bertz CT molecular complexity index is 1240. The maximum absolute atomic E-state index is 14.1. The smallest absolute Gasteiger partial charge is 0.396 e. The maximum atomic E-state index is 14.1. The molecule has 0 unspecified atom stereocenters. The van der Waals surface area contributed by atoms with E-state index in [0.717, 1.165) is 23.3 Å². The molecule has 10 heteroatoms. The molecule has 2 heterocycles. The number of amides is 3. The van der Waals surface area contributed by atoms with Gasteiger partial charge in [-0.3, -0.25) is 4.79 Å². The van der Waals surface area contributed by atoms with Gasteiger partial charge in [0.05, 0.1) is 29.1 Å². The minimum absolute atomic E-state index is 0.118. The number of hydrogen-bond acceptors (Lipinski definition) is 4.